The van der Waals surface area contributed by atoms with Gasteiger partial charge in [-0.1, -0.05) is 90.1 Å². The van der Waals surface area contributed by atoms with Crippen molar-refractivity contribution in [3.8, 4) is 23.0 Å². The van der Waals surface area contributed by atoms with Crippen molar-refractivity contribution in [3.05, 3.63) is 52.8 Å². The number of carbonyl (C=O) groups is 3. The number of nitrogens with one attached hydrogen (secondary N) is 1. The number of unbranched alkanes of at least 4 members (excludes halogenated alkanes) is 6. The molecule has 5 rings (SSSR count). The van der Waals surface area contributed by atoms with E-state index in [9.17, 15) is 39.9 Å². The van der Waals surface area contributed by atoms with Gasteiger partial charge in [-0.2, -0.15) is 0 Å². The fraction of sp³-hybridized carbons (Fsp3) is 0.574. The van der Waals surface area contributed by atoms with Crippen molar-refractivity contribution in [2.45, 2.75) is 137 Å². The Balaban J connectivity index is 1.87. The van der Waals surface area contributed by atoms with Crippen LogP contribution >= 0.6 is 0 Å². The van der Waals surface area contributed by atoms with E-state index >= 15 is 0 Å². The lowest BCUT2D eigenvalue weighted by Crippen LogP contribution is -2.46. The molecular formula is C47H66N2O13. The first-order valence-corrected chi connectivity index (χ1v) is 21.6. The van der Waals surface area contributed by atoms with Gasteiger partial charge in [0, 0.05) is 61.2 Å². The first-order valence-electron chi connectivity index (χ1n) is 21.6. The molecule has 5 bridgehead atoms. The molecule has 342 valence electrons. The van der Waals surface area contributed by atoms with Crippen molar-refractivity contribution >= 4 is 40.3 Å². The van der Waals surface area contributed by atoms with Gasteiger partial charge >= 0.3 is 11.8 Å². The van der Waals surface area contributed by atoms with Crippen LogP contribution in [-0.4, -0.2) is 93.3 Å². The van der Waals surface area contributed by atoms with E-state index in [1.165, 1.54) is 66.1 Å². The standard InChI is InChI=1S/C47H66N2O13/c1-11-12-13-14-15-16-17-22-60-48-24-32-37-42(55)35-34(41(32)54)36-44(30(7)40(35)53)62-47(9,45(36)56)59-23-21-33(58-10)27(4)43(61-31(8)50)29(6)39(52)28(5)38(51)25(2)19-18-20-26(3)46(57)49-37/h18-21,23-25,27-29,33,38-39,43,51-55H,11-17,22H2,1-10H3,(H,49,57)/b19-18-,23-21-,26-20-,48-24?/t25-,27+,28+,29+,33-,38-,39+,43+,47-/m0/s1. The topological polar surface area (TPSA) is 223 Å². The molecule has 6 N–H and O–H groups in total. The maximum Gasteiger partial charge on any atom is 0.312 e. The summed E-state index contributed by atoms with van der Waals surface area (Å²) >= 11 is 0. The summed E-state index contributed by atoms with van der Waals surface area (Å²) in [5.41, 5.74) is -0.538. The molecule has 2 aromatic carbocycles. The smallest absolute Gasteiger partial charge is 0.312 e. The average Bonchev–Trinajstić information content (AvgIpc) is 3.50. The number of Topliss-reactive ketones (excluding diaryl/α,β-unsaturated/α-hetero) is 1. The summed E-state index contributed by atoms with van der Waals surface area (Å²) in [7, 11) is 1.43. The number of amides is 1. The van der Waals surface area contributed by atoms with Gasteiger partial charge in [-0.25, -0.2) is 0 Å². The highest BCUT2D eigenvalue weighted by Crippen LogP contribution is 2.55. The largest absolute Gasteiger partial charge is 0.507 e. The van der Waals surface area contributed by atoms with Crippen LogP contribution in [0.2, 0.25) is 0 Å². The molecular weight excluding hydrogens is 801 g/mol. The van der Waals surface area contributed by atoms with Crippen LogP contribution in [-0.2, 0) is 28.6 Å². The molecule has 0 aliphatic carbocycles. The van der Waals surface area contributed by atoms with E-state index < -0.39 is 88.8 Å². The summed E-state index contributed by atoms with van der Waals surface area (Å²) < 4.78 is 23.6. The fourth-order valence-corrected chi connectivity index (χ4v) is 8.14. The Morgan fingerprint density at radius 1 is 0.903 bits per heavy atom. The van der Waals surface area contributed by atoms with Crippen LogP contribution in [0.1, 0.15) is 122 Å². The number of nitrogens with zero attached hydrogens (tertiary/aromatic N) is 1. The number of rotatable bonds is 12. The summed E-state index contributed by atoms with van der Waals surface area (Å²) in [5.74, 6) is -8.54. The Morgan fingerprint density at radius 2 is 1.56 bits per heavy atom. The van der Waals surface area contributed by atoms with Crippen molar-refractivity contribution < 1.29 is 63.7 Å². The molecule has 0 unspecified atom stereocenters. The minimum atomic E-state index is -2.06. The summed E-state index contributed by atoms with van der Waals surface area (Å²) in [6, 6.07) is 0. The monoisotopic (exact) mass is 866 g/mol. The number of oxime groups is 1. The second kappa shape index (κ2) is 21.8. The van der Waals surface area contributed by atoms with Gasteiger partial charge in [-0.3, -0.25) is 14.4 Å². The Morgan fingerprint density at radius 3 is 2.21 bits per heavy atom. The summed E-state index contributed by atoms with van der Waals surface area (Å²) in [5, 5.41) is 64.4. The van der Waals surface area contributed by atoms with Gasteiger partial charge in [-0.15, -0.1) is 0 Å². The van der Waals surface area contributed by atoms with E-state index in [2.05, 4.69) is 17.4 Å². The number of allylic oxidation sites excluding steroid dienone is 2. The molecule has 0 fully saturated rings. The predicted octanol–water partition coefficient (Wildman–Crippen LogP) is 7.86. The third-order valence-corrected chi connectivity index (χ3v) is 12.1. The number of methoxy groups -OCH3 is 1. The van der Waals surface area contributed by atoms with Gasteiger partial charge in [0.25, 0.3) is 11.7 Å². The average molecular weight is 867 g/mol. The number of aliphatic hydroxyl groups is 2. The normalized spacial score (nSPS) is 29.2. The molecule has 1 amide bonds. The minimum Gasteiger partial charge on any atom is -0.507 e. The van der Waals surface area contributed by atoms with Gasteiger partial charge in [0.1, 0.15) is 30.0 Å². The number of ketones is 1. The number of aliphatic hydroxyl groups excluding tert-OH is 2. The van der Waals surface area contributed by atoms with Crippen LogP contribution in [0.25, 0.3) is 10.8 Å². The Hall–Kier alpha value is -5.12. The fourth-order valence-electron chi connectivity index (χ4n) is 8.14. The highest BCUT2D eigenvalue weighted by molar-refractivity contribution is 6.23. The second-order valence-electron chi connectivity index (χ2n) is 16.8. The predicted molar refractivity (Wildman–Crippen MR) is 235 cm³/mol. The Bertz CT molecular complexity index is 2060. The number of ether oxygens (including phenoxy) is 4. The molecule has 0 saturated heterocycles. The zero-order chi connectivity index (χ0) is 46.1. The zero-order valence-electron chi connectivity index (χ0n) is 37.7. The molecule has 2 aromatic rings. The van der Waals surface area contributed by atoms with Gasteiger partial charge in [0.2, 0.25) is 0 Å². The second-order valence-corrected chi connectivity index (χ2v) is 16.8. The van der Waals surface area contributed by atoms with E-state index in [4.69, 9.17) is 23.8 Å². The highest BCUT2D eigenvalue weighted by atomic mass is 16.7. The lowest BCUT2D eigenvalue weighted by atomic mass is 9.78. The van der Waals surface area contributed by atoms with Crippen molar-refractivity contribution in [1.29, 1.82) is 0 Å². The number of anilines is 1. The lowest BCUT2D eigenvalue weighted by Gasteiger charge is -2.38. The number of hydrogen-bond acceptors (Lipinski definition) is 14. The number of carbonyl (C=O) groups excluding carboxylic acids is 3. The first-order chi connectivity index (χ1) is 29.3. The molecule has 0 radical (unpaired) electrons. The molecule has 0 spiro atoms. The summed E-state index contributed by atoms with van der Waals surface area (Å²) in [6.45, 7) is 14.9. The first kappa shape index (κ1) is 49.5. The Labute approximate surface area is 364 Å². The summed E-state index contributed by atoms with van der Waals surface area (Å²) in [6.07, 6.45) is 12.0. The van der Waals surface area contributed by atoms with Gasteiger partial charge in [0.15, 0.2) is 5.75 Å². The van der Waals surface area contributed by atoms with Crippen molar-refractivity contribution in [3.63, 3.8) is 0 Å². The quantitative estimate of drug-likeness (QED) is 0.0299. The third-order valence-electron chi connectivity index (χ3n) is 12.1. The van der Waals surface area contributed by atoms with Gasteiger partial charge in [0.05, 0.1) is 53.0 Å². The number of aromatic hydroxyl groups is 3. The number of hydrogen-bond donors (Lipinski definition) is 6. The number of fused-ring (bicyclic) bond motifs is 14. The molecule has 15 heteroatoms. The summed E-state index contributed by atoms with van der Waals surface area (Å²) in [4.78, 5) is 46.0. The van der Waals surface area contributed by atoms with Crippen LogP contribution in [0.5, 0.6) is 23.0 Å². The van der Waals surface area contributed by atoms with Crippen molar-refractivity contribution in [2.24, 2.45) is 28.8 Å². The molecule has 62 heavy (non-hydrogen) atoms. The van der Waals surface area contributed by atoms with E-state index in [0.29, 0.717) is 0 Å². The molecule has 0 saturated carbocycles. The minimum absolute atomic E-state index is 0.0426. The molecule has 9 atom stereocenters. The van der Waals surface area contributed by atoms with Gasteiger partial charge < -0.3 is 54.6 Å². The van der Waals surface area contributed by atoms with Crippen LogP contribution in [0.3, 0.4) is 0 Å². The molecule has 3 aliphatic heterocycles. The Kier molecular flexibility index (Phi) is 17.4. The number of benzene rings is 2. The van der Waals surface area contributed by atoms with Gasteiger partial charge in [-0.05, 0) is 32.8 Å². The molecule has 15 nitrogen and oxygen atoms in total. The van der Waals surface area contributed by atoms with Crippen molar-refractivity contribution in [2.75, 3.05) is 19.0 Å². The maximum atomic E-state index is 14.4. The zero-order valence-corrected chi connectivity index (χ0v) is 37.7. The van der Waals surface area contributed by atoms with Crippen LogP contribution in [0.4, 0.5) is 5.69 Å². The van der Waals surface area contributed by atoms with Crippen LogP contribution in [0.15, 0.2) is 41.3 Å². The number of phenols is 3. The molecule has 3 heterocycles. The van der Waals surface area contributed by atoms with E-state index in [1.807, 2.05) is 0 Å². The van der Waals surface area contributed by atoms with Crippen molar-refractivity contribution in [1.82, 2.24) is 0 Å². The van der Waals surface area contributed by atoms with E-state index in [1.54, 1.807) is 39.8 Å². The SMILES string of the molecule is CCCCCCCCCON=Cc1c2c(O)c3c(O)c(C)c4c(c3c1O)C(=O)[C@@](C)(O/C=C\[C@H](OC)[C@@H](C)[C@@H](OC(C)=O)[C@H](C)[C@H](O)[C@H](C)[C@@H](O)[C@@H](C)/C=C\C=C(\C)C(=O)N2)O4. The molecule has 3 aliphatic rings. The van der Waals surface area contributed by atoms with Crippen LogP contribution in [0, 0.1) is 30.6 Å². The van der Waals surface area contributed by atoms with Crippen LogP contribution < -0.4 is 10.1 Å². The third kappa shape index (κ3) is 10.9. The van der Waals surface area contributed by atoms with E-state index in [0.717, 1.165) is 38.3 Å². The lowest BCUT2D eigenvalue weighted by molar-refractivity contribution is -0.160. The highest BCUT2D eigenvalue weighted by Gasteiger charge is 2.50. The number of phenolic OH excluding ortho intramolecular Hbond substituents is 3. The van der Waals surface area contributed by atoms with E-state index in [-0.39, 0.29) is 51.1 Å². The molecule has 0 aromatic heterocycles. The maximum absolute atomic E-state index is 14.4. The number of esters is 1.